The smallest absolute Gasteiger partial charge is 0.348 e. The number of carboxylic acid groups (broad SMARTS) is 1. The van der Waals surface area contributed by atoms with Gasteiger partial charge in [0.15, 0.2) is 0 Å². The summed E-state index contributed by atoms with van der Waals surface area (Å²) < 4.78 is 10.8. The van der Waals surface area contributed by atoms with Crippen molar-refractivity contribution in [2.24, 2.45) is 0 Å². The standard InChI is InChI=1S/C13H14O5/c14-9-10-2-1-3-11(8-10)18-13(12(15)16)4-6-17-7-5-13/h1-3,8-9H,4-7H2,(H,15,16). The largest absolute Gasteiger partial charge is 0.478 e. The average Bonchev–Trinajstić information content (AvgIpc) is 2.40. The van der Waals surface area contributed by atoms with Gasteiger partial charge in [0.2, 0.25) is 5.60 Å². The van der Waals surface area contributed by atoms with Crippen molar-refractivity contribution >= 4 is 12.3 Å². The molecule has 5 heteroatoms. The van der Waals surface area contributed by atoms with E-state index in [1.54, 1.807) is 18.2 Å². The fourth-order valence-electron chi connectivity index (χ4n) is 1.94. The molecule has 1 aromatic carbocycles. The predicted octanol–water partition coefficient (Wildman–Crippen LogP) is 1.51. The first-order valence-electron chi connectivity index (χ1n) is 5.72. The van der Waals surface area contributed by atoms with E-state index in [-0.39, 0.29) is 0 Å². The third-order valence-electron chi connectivity index (χ3n) is 3.00. The van der Waals surface area contributed by atoms with Crippen LogP contribution >= 0.6 is 0 Å². The van der Waals surface area contributed by atoms with Crippen LogP contribution in [0.1, 0.15) is 23.2 Å². The average molecular weight is 250 g/mol. The summed E-state index contributed by atoms with van der Waals surface area (Å²) >= 11 is 0. The van der Waals surface area contributed by atoms with Gasteiger partial charge in [0.05, 0.1) is 13.2 Å². The number of benzene rings is 1. The molecule has 1 N–H and O–H groups in total. The van der Waals surface area contributed by atoms with Gasteiger partial charge < -0.3 is 14.6 Å². The first-order chi connectivity index (χ1) is 8.66. The van der Waals surface area contributed by atoms with Crippen LogP contribution < -0.4 is 4.74 Å². The van der Waals surface area contributed by atoms with Crippen LogP contribution in [0.15, 0.2) is 24.3 Å². The van der Waals surface area contributed by atoms with Crippen molar-refractivity contribution in [2.75, 3.05) is 13.2 Å². The maximum absolute atomic E-state index is 11.4. The lowest BCUT2D eigenvalue weighted by Gasteiger charge is -2.33. The van der Waals surface area contributed by atoms with Crippen LogP contribution in [0.5, 0.6) is 5.75 Å². The fourth-order valence-corrected chi connectivity index (χ4v) is 1.94. The molecule has 5 nitrogen and oxygen atoms in total. The first-order valence-corrected chi connectivity index (χ1v) is 5.72. The zero-order chi connectivity index (χ0) is 13.0. The lowest BCUT2D eigenvalue weighted by atomic mass is 9.94. The second kappa shape index (κ2) is 5.18. The van der Waals surface area contributed by atoms with Crippen molar-refractivity contribution < 1.29 is 24.2 Å². The van der Waals surface area contributed by atoms with Crippen LogP contribution in [0.25, 0.3) is 0 Å². The van der Waals surface area contributed by atoms with Gasteiger partial charge in [-0.2, -0.15) is 0 Å². The molecule has 1 aliphatic heterocycles. The number of aliphatic carboxylic acids is 1. The van der Waals surface area contributed by atoms with Crippen molar-refractivity contribution in [1.29, 1.82) is 0 Å². The summed E-state index contributed by atoms with van der Waals surface area (Å²) in [5.74, 6) is -0.605. The molecular weight excluding hydrogens is 236 g/mol. The molecule has 0 amide bonds. The Balaban J connectivity index is 2.22. The highest BCUT2D eigenvalue weighted by Crippen LogP contribution is 2.28. The van der Waals surface area contributed by atoms with Crippen LogP contribution in [0, 0.1) is 0 Å². The number of hydrogen-bond donors (Lipinski definition) is 1. The molecule has 0 spiro atoms. The highest BCUT2D eigenvalue weighted by atomic mass is 16.5. The van der Waals surface area contributed by atoms with Crippen molar-refractivity contribution in [3.05, 3.63) is 29.8 Å². The molecular formula is C13H14O5. The summed E-state index contributed by atoms with van der Waals surface area (Å²) in [6.07, 6.45) is 1.30. The van der Waals surface area contributed by atoms with E-state index in [0.29, 0.717) is 43.7 Å². The first kappa shape index (κ1) is 12.6. The van der Waals surface area contributed by atoms with Gasteiger partial charge in [-0.3, -0.25) is 4.79 Å². The number of hydrogen-bond acceptors (Lipinski definition) is 4. The van der Waals surface area contributed by atoms with Crippen molar-refractivity contribution in [3.63, 3.8) is 0 Å². The minimum Gasteiger partial charge on any atom is -0.478 e. The predicted molar refractivity (Wildman–Crippen MR) is 62.9 cm³/mol. The number of carbonyl (C=O) groups is 2. The Bertz CT molecular complexity index is 448. The van der Waals surface area contributed by atoms with E-state index in [1.165, 1.54) is 6.07 Å². The van der Waals surface area contributed by atoms with Gasteiger partial charge in [-0.15, -0.1) is 0 Å². The molecule has 2 rings (SSSR count). The minimum atomic E-state index is -1.25. The summed E-state index contributed by atoms with van der Waals surface area (Å²) in [5, 5.41) is 9.33. The Morgan fingerprint density at radius 1 is 1.39 bits per heavy atom. The summed E-state index contributed by atoms with van der Waals surface area (Å²) in [4.78, 5) is 22.1. The van der Waals surface area contributed by atoms with Crippen LogP contribution in [0.3, 0.4) is 0 Å². The monoisotopic (exact) mass is 250 g/mol. The molecule has 1 saturated heterocycles. The number of ether oxygens (including phenoxy) is 2. The van der Waals surface area contributed by atoms with Crippen molar-refractivity contribution in [1.82, 2.24) is 0 Å². The van der Waals surface area contributed by atoms with Gasteiger partial charge in [0.25, 0.3) is 0 Å². The zero-order valence-electron chi connectivity index (χ0n) is 9.80. The van der Waals surface area contributed by atoms with Crippen LogP contribution in [0.4, 0.5) is 0 Å². The molecule has 0 atom stereocenters. The van der Waals surface area contributed by atoms with Crippen LogP contribution in [-0.4, -0.2) is 36.2 Å². The Kier molecular flexibility index (Phi) is 3.62. The third-order valence-corrected chi connectivity index (χ3v) is 3.00. The van der Waals surface area contributed by atoms with Gasteiger partial charge >= 0.3 is 5.97 Å². The maximum atomic E-state index is 11.4. The normalized spacial score (nSPS) is 18.0. The molecule has 0 aliphatic carbocycles. The van der Waals surface area contributed by atoms with Crippen LogP contribution in [0.2, 0.25) is 0 Å². The third kappa shape index (κ3) is 2.51. The van der Waals surface area contributed by atoms with E-state index in [0.717, 1.165) is 0 Å². The topological polar surface area (TPSA) is 72.8 Å². The van der Waals surface area contributed by atoms with Crippen molar-refractivity contribution in [2.45, 2.75) is 18.4 Å². The Morgan fingerprint density at radius 3 is 2.72 bits per heavy atom. The molecule has 1 aliphatic rings. The van der Waals surface area contributed by atoms with E-state index in [1.807, 2.05) is 0 Å². The van der Waals surface area contributed by atoms with E-state index in [2.05, 4.69) is 0 Å². The van der Waals surface area contributed by atoms with E-state index in [4.69, 9.17) is 9.47 Å². The summed E-state index contributed by atoms with van der Waals surface area (Å²) in [5.41, 5.74) is -0.792. The molecule has 1 aromatic rings. The highest BCUT2D eigenvalue weighted by Gasteiger charge is 2.42. The second-order valence-corrected chi connectivity index (χ2v) is 4.20. The molecule has 96 valence electrons. The molecule has 0 radical (unpaired) electrons. The number of carbonyl (C=O) groups excluding carboxylic acids is 1. The fraction of sp³-hybridized carbons (Fsp3) is 0.385. The Hall–Kier alpha value is -1.88. The lowest BCUT2D eigenvalue weighted by Crippen LogP contribution is -2.49. The minimum absolute atomic E-state index is 0.299. The Labute approximate surface area is 104 Å². The zero-order valence-corrected chi connectivity index (χ0v) is 9.80. The molecule has 0 bridgehead atoms. The summed E-state index contributed by atoms with van der Waals surface area (Å²) in [7, 11) is 0. The van der Waals surface area contributed by atoms with E-state index in [9.17, 15) is 14.7 Å². The molecule has 0 unspecified atom stereocenters. The van der Waals surface area contributed by atoms with Gasteiger partial charge in [-0.25, -0.2) is 4.79 Å². The molecule has 1 fully saturated rings. The number of carboxylic acids is 1. The molecule has 1 heterocycles. The van der Waals surface area contributed by atoms with Gasteiger partial charge in [-0.05, 0) is 12.1 Å². The summed E-state index contributed by atoms with van der Waals surface area (Å²) in [6.45, 7) is 0.722. The van der Waals surface area contributed by atoms with Gasteiger partial charge in [-0.1, -0.05) is 12.1 Å². The maximum Gasteiger partial charge on any atom is 0.348 e. The van der Waals surface area contributed by atoms with Gasteiger partial charge in [0, 0.05) is 18.4 Å². The molecule has 18 heavy (non-hydrogen) atoms. The quantitative estimate of drug-likeness (QED) is 0.820. The van der Waals surface area contributed by atoms with E-state index < -0.39 is 11.6 Å². The molecule has 0 aromatic heterocycles. The summed E-state index contributed by atoms with van der Waals surface area (Å²) in [6, 6.07) is 6.48. The van der Waals surface area contributed by atoms with Crippen molar-refractivity contribution in [3.8, 4) is 5.75 Å². The van der Waals surface area contributed by atoms with Crippen LogP contribution in [-0.2, 0) is 9.53 Å². The van der Waals surface area contributed by atoms with E-state index >= 15 is 0 Å². The SMILES string of the molecule is O=Cc1cccc(OC2(C(=O)O)CCOCC2)c1. The highest BCUT2D eigenvalue weighted by molar-refractivity contribution is 5.78. The molecule has 0 saturated carbocycles. The van der Waals surface area contributed by atoms with Gasteiger partial charge in [0.1, 0.15) is 12.0 Å². The Morgan fingerprint density at radius 2 is 2.11 bits per heavy atom. The number of rotatable bonds is 4. The lowest BCUT2D eigenvalue weighted by molar-refractivity contribution is -0.163. The number of aldehydes is 1. The second-order valence-electron chi connectivity index (χ2n) is 4.20.